The van der Waals surface area contributed by atoms with E-state index in [1.807, 2.05) is 46.8 Å². The highest BCUT2D eigenvalue weighted by molar-refractivity contribution is 5.80. The standard InChI is InChI=1S/C22H38N4O5/c1-21(2,3)31-20(27)26-22(4,5)14-25-19(23-6)24-11-10-16-17(29-8)12-15(28-7)13-18(16)30-9/h12-13H,10-11,14H2,1-9H3,(H,26,27)(H2,23,24,25). The Morgan fingerprint density at radius 3 is 2.00 bits per heavy atom. The minimum absolute atomic E-state index is 0.457. The maximum Gasteiger partial charge on any atom is 0.408 e. The van der Waals surface area contributed by atoms with Crippen molar-refractivity contribution in [3.63, 3.8) is 0 Å². The van der Waals surface area contributed by atoms with Crippen LogP contribution < -0.4 is 30.2 Å². The lowest BCUT2D eigenvalue weighted by Gasteiger charge is -2.29. The predicted molar refractivity (Wildman–Crippen MR) is 123 cm³/mol. The fourth-order valence-corrected chi connectivity index (χ4v) is 2.78. The van der Waals surface area contributed by atoms with Crippen LogP contribution in [0.3, 0.4) is 0 Å². The number of carbonyl (C=O) groups excluding carboxylic acids is 1. The van der Waals surface area contributed by atoms with Crippen molar-refractivity contribution >= 4 is 12.1 Å². The highest BCUT2D eigenvalue weighted by atomic mass is 16.6. The molecule has 0 aromatic heterocycles. The van der Waals surface area contributed by atoms with Crippen LogP contribution in [0.5, 0.6) is 17.2 Å². The van der Waals surface area contributed by atoms with Crippen LogP contribution in [-0.4, -0.2) is 64.7 Å². The number of guanidine groups is 1. The van der Waals surface area contributed by atoms with Crippen LogP contribution in [0.1, 0.15) is 40.2 Å². The number of benzene rings is 1. The van der Waals surface area contributed by atoms with Crippen LogP contribution in [0.25, 0.3) is 0 Å². The number of nitrogens with zero attached hydrogens (tertiary/aromatic N) is 1. The van der Waals surface area contributed by atoms with E-state index >= 15 is 0 Å². The van der Waals surface area contributed by atoms with Crippen molar-refractivity contribution < 1.29 is 23.7 Å². The maximum absolute atomic E-state index is 12.0. The average Bonchev–Trinajstić information content (AvgIpc) is 2.68. The number of hydrogen-bond donors (Lipinski definition) is 3. The van der Waals surface area contributed by atoms with Gasteiger partial charge in [0.15, 0.2) is 5.96 Å². The van der Waals surface area contributed by atoms with Crippen molar-refractivity contribution in [2.45, 2.75) is 52.2 Å². The van der Waals surface area contributed by atoms with Gasteiger partial charge in [0.05, 0.1) is 26.9 Å². The minimum atomic E-state index is -0.547. The molecule has 0 saturated carbocycles. The van der Waals surface area contributed by atoms with E-state index in [1.54, 1.807) is 28.4 Å². The molecule has 176 valence electrons. The van der Waals surface area contributed by atoms with Crippen molar-refractivity contribution in [2.75, 3.05) is 41.5 Å². The Kier molecular flexibility index (Phi) is 9.74. The van der Waals surface area contributed by atoms with Gasteiger partial charge in [0.1, 0.15) is 22.8 Å². The van der Waals surface area contributed by atoms with Gasteiger partial charge in [-0.3, -0.25) is 4.99 Å². The van der Waals surface area contributed by atoms with Crippen molar-refractivity contribution in [1.82, 2.24) is 16.0 Å². The molecule has 3 N–H and O–H groups in total. The van der Waals surface area contributed by atoms with E-state index in [-0.39, 0.29) is 0 Å². The summed E-state index contributed by atoms with van der Waals surface area (Å²) in [5, 5.41) is 9.36. The number of rotatable bonds is 9. The Bertz CT molecular complexity index is 732. The summed E-state index contributed by atoms with van der Waals surface area (Å²) in [6.07, 6.45) is 0.192. The van der Waals surface area contributed by atoms with E-state index in [1.165, 1.54) is 0 Å². The molecule has 1 aromatic rings. The third-order valence-corrected chi connectivity index (χ3v) is 4.25. The SMILES string of the molecule is CN=C(NCCc1c(OC)cc(OC)cc1OC)NCC(C)(C)NC(=O)OC(C)(C)C. The van der Waals surface area contributed by atoms with Gasteiger partial charge in [0.25, 0.3) is 0 Å². The molecule has 0 atom stereocenters. The molecule has 0 saturated heterocycles. The summed E-state index contributed by atoms with van der Waals surface area (Å²) in [7, 11) is 6.53. The van der Waals surface area contributed by atoms with Gasteiger partial charge in [-0.15, -0.1) is 0 Å². The molecule has 0 unspecified atom stereocenters. The zero-order valence-corrected chi connectivity index (χ0v) is 20.3. The van der Waals surface area contributed by atoms with Crippen molar-refractivity contribution in [3.05, 3.63) is 17.7 Å². The summed E-state index contributed by atoms with van der Waals surface area (Å²) in [6, 6.07) is 3.66. The summed E-state index contributed by atoms with van der Waals surface area (Å²) < 4.78 is 21.6. The van der Waals surface area contributed by atoms with Gasteiger partial charge in [-0.05, 0) is 41.0 Å². The highest BCUT2D eigenvalue weighted by Gasteiger charge is 2.24. The number of hydrogen-bond acceptors (Lipinski definition) is 6. The van der Waals surface area contributed by atoms with E-state index in [4.69, 9.17) is 18.9 Å². The molecule has 0 bridgehead atoms. The Hall–Kier alpha value is -2.84. The molecule has 0 fully saturated rings. The highest BCUT2D eigenvalue weighted by Crippen LogP contribution is 2.34. The number of alkyl carbamates (subject to hydrolysis) is 1. The van der Waals surface area contributed by atoms with Crippen molar-refractivity contribution in [3.8, 4) is 17.2 Å². The molecule has 0 heterocycles. The lowest BCUT2D eigenvalue weighted by Crippen LogP contribution is -2.54. The molecule has 0 aliphatic carbocycles. The first-order valence-electron chi connectivity index (χ1n) is 10.2. The fraction of sp³-hybridized carbons (Fsp3) is 0.636. The van der Waals surface area contributed by atoms with Crippen LogP contribution in [0.2, 0.25) is 0 Å². The summed E-state index contributed by atoms with van der Waals surface area (Å²) in [4.78, 5) is 16.3. The largest absolute Gasteiger partial charge is 0.496 e. The molecule has 1 aromatic carbocycles. The van der Waals surface area contributed by atoms with Crippen LogP contribution in [0, 0.1) is 0 Å². The van der Waals surface area contributed by atoms with E-state index in [2.05, 4.69) is 20.9 Å². The Morgan fingerprint density at radius 1 is 0.968 bits per heavy atom. The Labute approximate surface area is 185 Å². The van der Waals surface area contributed by atoms with E-state index in [0.29, 0.717) is 42.7 Å². The second-order valence-electron chi connectivity index (χ2n) is 8.62. The zero-order valence-electron chi connectivity index (χ0n) is 20.3. The molecule has 1 amide bonds. The number of nitrogens with one attached hydrogen (secondary N) is 3. The van der Waals surface area contributed by atoms with Crippen molar-refractivity contribution in [1.29, 1.82) is 0 Å². The second-order valence-corrected chi connectivity index (χ2v) is 8.62. The van der Waals surface area contributed by atoms with Crippen molar-refractivity contribution in [2.24, 2.45) is 4.99 Å². The van der Waals surface area contributed by atoms with Gasteiger partial charge in [0.2, 0.25) is 0 Å². The summed E-state index contributed by atoms with van der Waals surface area (Å²) >= 11 is 0. The average molecular weight is 439 g/mol. The minimum Gasteiger partial charge on any atom is -0.496 e. The van der Waals surface area contributed by atoms with Crippen LogP contribution in [-0.2, 0) is 11.2 Å². The summed E-state index contributed by atoms with van der Waals surface area (Å²) in [6.45, 7) is 10.4. The zero-order chi connectivity index (χ0) is 23.7. The summed E-state index contributed by atoms with van der Waals surface area (Å²) in [5.74, 6) is 2.68. The number of methoxy groups -OCH3 is 3. The summed E-state index contributed by atoms with van der Waals surface area (Å²) in [5.41, 5.74) is -0.155. The third kappa shape index (κ3) is 9.23. The number of amides is 1. The molecular weight excluding hydrogens is 400 g/mol. The molecular formula is C22H38N4O5. The lowest BCUT2D eigenvalue weighted by atomic mass is 10.1. The number of ether oxygens (including phenoxy) is 4. The smallest absolute Gasteiger partial charge is 0.408 e. The van der Waals surface area contributed by atoms with Gasteiger partial charge < -0.3 is 34.9 Å². The molecule has 9 nitrogen and oxygen atoms in total. The molecule has 0 spiro atoms. The molecule has 0 aliphatic heterocycles. The Balaban J connectivity index is 2.65. The number of carbonyl (C=O) groups is 1. The third-order valence-electron chi connectivity index (χ3n) is 4.25. The molecule has 9 heteroatoms. The fourth-order valence-electron chi connectivity index (χ4n) is 2.78. The molecule has 0 radical (unpaired) electrons. The van der Waals surface area contributed by atoms with E-state index < -0.39 is 17.2 Å². The first kappa shape index (κ1) is 26.2. The monoisotopic (exact) mass is 438 g/mol. The maximum atomic E-state index is 12.0. The van der Waals surface area contributed by atoms with Crippen LogP contribution in [0.4, 0.5) is 4.79 Å². The van der Waals surface area contributed by atoms with Gasteiger partial charge in [-0.1, -0.05) is 0 Å². The van der Waals surface area contributed by atoms with Gasteiger partial charge in [-0.25, -0.2) is 4.79 Å². The lowest BCUT2D eigenvalue weighted by molar-refractivity contribution is 0.0474. The molecule has 0 aliphatic rings. The first-order valence-corrected chi connectivity index (χ1v) is 10.2. The normalized spacial score (nSPS) is 12.1. The quantitative estimate of drug-likeness (QED) is 0.402. The predicted octanol–water partition coefficient (Wildman–Crippen LogP) is 2.72. The first-order chi connectivity index (χ1) is 14.4. The van der Waals surface area contributed by atoms with Crippen LogP contribution >= 0.6 is 0 Å². The van der Waals surface area contributed by atoms with Gasteiger partial charge >= 0.3 is 6.09 Å². The topological polar surface area (TPSA) is 102 Å². The Morgan fingerprint density at radius 2 is 1.55 bits per heavy atom. The van der Waals surface area contributed by atoms with E-state index in [9.17, 15) is 4.79 Å². The van der Waals surface area contributed by atoms with Gasteiger partial charge in [0, 0.05) is 37.8 Å². The van der Waals surface area contributed by atoms with Crippen LogP contribution in [0.15, 0.2) is 17.1 Å². The second kappa shape index (κ2) is 11.5. The number of aliphatic imine (C=N–C) groups is 1. The van der Waals surface area contributed by atoms with E-state index in [0.717, 1.165) is 5.56 Å². The molecule has 31 heavy (non-hydrogen) atoms. The van der Waals surface area contributed by atoms with Gasteiger partial charge in [-0.2, -0.15) is 0 Å². The molecule has 1 rings (SSSR count).